The van der Waals surface area contributed by atoms with E-state index in [-0.39, 0.29) is 12.3 Å². The molecule has 0 spiro atoms. The lowest BCUT2D eigenvalue weighted by Crippen LogP contribution is -2.28. The zero-order chi connectivity index (χ0) is 24.8. The minimum absolute atomic E-state index is 0.0808. The summed E-state index contributed by atoms with van der Waals surface area (Å²) in [6, 6.07) is 22.9. The Hall–Kier alpha value is -3.19. The third-order valence-corrected chi connectivity index (χ3v) is 6.14. The Bertz CT molecular complexity index is 1240. The van der Waals surface area contributed by atoms with Gasteiger partial charge < -0.3 is 25.3 Å². The van der Waals surface area contributed by atoms with Crippen LogP contribution in [0.5, 0.6) is 0 Å². The highest BCUT2D eigenvalue weighted by atomic mass is 19.1. The molecule has 0 fully saturated rings. The van der Waals surface area contributed by atoms with E-state index >= 15 is 0 Å². The van der Waals surface area contributed by atoms with Gasteiger partial charge in [0.2, 0.25) is 0 Å². The van der Waals surface area contributed by atoms with E-state index in [0.717, 1.165) is 27.8 Å². The fourth-order valence-electron chi connectivity index (χ4n) is 4.33. The molecule has 5 nitrogen and oxygen atoms in total. The summed E-state index contributed by atoms with van der Waals surface area (Å²) in [7, 11) is 0. The molecule has 4 aromatic rings. The number of anilines is 1. The molecule has 0 aliphatic carbocycles. The van der Waals surface area contributed by atoms with Crippen LogP contribution in [0.3, 0.4) is 0 Å². The lowest BCUT2D eigenvalue weighted by molar-refractivity contribution is 0.0285. The molecular formula is C29H33FN2O3. The predicted molar refractivity (Wildman–Crippen MR) is 138 cm³/mol. The van der Waals surface area contributed by atoms with Gasteiger partial charge in [0.05, 0.1) is 38.2 Å². The van der Waals surface area contributed by atoms with Gasteiger partial charge in [-0.1, -0.05) is 74.5 Å². The molecule has 1 atom stereocenters. The molecule has 0 unspecified atom stereocenters. The topological polar surface area (TPSA) is 80.5 Å². The number of H-pyrrole nitrogens is 1. The fraction of sp³-hybridized carbons (Fsp3) is 0.310. The van der Waals surface area contributed by atoms with Crippen LogP contribution in [0.25, 0.3) is 10.9 Å². The average Bonchev–Trinajstić information content (AvgIpc) is 3.18. The Morgan fingerprint density at radius 2 is 1.54 bits per heavy atom. The molecular weight excluding hydrogens is 443 g/mol. The Morgan fingerprint density at radius 3 is 2.17 bits per heavy atom. The number of nitrogens with two attached hydrogens (primary N) is 1. The monoisotopic (exact) mass is 476 g/mol. The Morgan fingerprint density at radius 1 is 0.943 bits per heavy atom. The molecule has 1 aromatic heterocycles. The fourth-order valence-corrected chi connectivity index (χ4v) is 4.33. The predicted octanol–water partition coefficient (Wildman–Crippen LogP) is 5.50. The van der Waals surface area contributed by atoms with Crippen molar-refractivity contribution in [1.29, 1.82) is 0 Å². The van der Waals surface area contributed by atoms with Gasteiger partial charge in [-0.05, 0) is 22.8 Å². The van der Waals surface area contributed by atoms with Crippen molar-refractivity contribution < 1.29 is 19.0 Å². The zero-order valence-corrected chi connectivity index (χ0v) is 20.3. The molecule has 0 aliphatic rings. The summed E-state index contributed by atoms with van der Waals surface area (Å²) in [6.45, 7) is 5.70. The summed E-state index contributed by atoms with van der Waals surface area (Å²) in [5.74, 6) is -0.471. The van der Waals surface area contributed by atoms with Crippen LogP contribution in [-0.2, 0) is 34.5 Å². The Kier molecular flexibility index (Phi) is 7.86. The summed E-state index contributed by atoms with van der Waals surface area (Å²) in [4.78, 5) is 3.38. The van der Waals surface area contributed by atoms with Crippen molar-refractivity contribution in [2.75, 3.05) is 18.9 Å². The lowest BCUT2D eigenvalue weighted by atomic mass is 9.85. The van der Waals surface area contributed by atoms with Crippen LogP contribution < -0.4 is 5.73 Å². The molecule has 0 amide bonds. The molecule has 4 rings (SSSR count). The second kappa shape index (κ2) is 11.0. The first-order valence-electron chi connectivity index (χ1n) is 11.8. The number of nitrogens with one attached hydrogen (secondary N) is 1. The smallest absolute Gasteiger partial charge is 0.148 e. The van der Waals surface area contributed by atoms with Crippen molar-refractivity contribution in [3.63, 3.8) is 0 Å². The van der Waals surface area contributed by atoms with E-state index in [1.165, 1.54) is 6.07 Å². The average molecular weight is 477 g/mol. The third kappa shape index (κ3) is 6.28. The number of aliphatic hydroxyl groups excluding tert-OH is 1. The van der Waals surface area contributed by atoms with Crippen molar-refractivity contribution in [2.24, 2.45) is 0 Å². The van der Waals surface area contributed by atoms with E-state index in [4.69, 9.17) is 15.2 Å². The van der Waals surface area contributed by atoms with E-state index in [0.29, 0.717) is 31.8 Å². The first kappa shape index (κ1) is 24.9. The van der Waals surface area contributed by atoms with Crippen LogP contribution in [0, 0.1) is 5.82 Å². The van der Waals surface area contributed by atoms with Crippen molar-refractivity contribution in [2.45, 2.75) is 45.0 Å². The van der Waals surface area contributed by atoms with E-state index in [1.807, 2.05) is 60.7 Å². The molecule has 3 aromatic carbocycles. The summed E-state index contributed by atoms with van der Waals surface area (Å²) >= 11 is 0. The van der Waals surface area contributed by atoms with Crippen molar-refractivity contribution >= 4 is 16.6 Å². The van der Waals surface area contributed by atoms with E-state index in [2.05, 4.69) is 18.8 Å². The Balaban J connectivity index is 1.51. The van der Waals surface area contributed by atoms with Crippen LogP contribution >= 0.6 is 0 Å². The van der Waals surface area contributed by atoms with Gasteiger partial charge >= 0.3 is 0 Å². The molecule has 0 radical (unpaired) electrons. The van der Waals surface area contributed by atoms with Gasteiger partial charge in [0, 0.05) is 34.5 Å². The standard InChI is InChI=1S/C29H33FN2O3/c1-29(2,19-35-17-21-11-7-4-8-12-21)28-24(23-14-26(31)25(30)15-27(23)32-28)13-22(33)18-34-16-20-9-5-3-6-10-20/h3-12,14-15,22,32-33H,13,16-19,31H2,1-2H3/t22-/m1/s1. The number of halogens is 1. The SMILES string of the molecule is CC(C)(COCc1ccccc1)c1[nH]c2cc(F)c(N)cc2c1C[C@@H](O)COCc1ccccc1. The number of nitrogen functional groups attached to an aromatic ring is 1. The van der Waals surface area contributed by atoms with Crippen molar-refractivity contribution in [3.05, 3.63) is 101 Å². The minimum atomic E-state index is -0.733. The van der Waals surface area contributed by atoms with E-state index in [1.54, 1.807) is 6.07 Å². The summed E-state index contributed by atoms with van der Waals surface area (Å²) < 4.78 is 26.0. The third-order valence-electron chi connectivity index (χ3n) is 6.14. The lowest BCUT2D eigenvalue weighted by Gasteiger charge is -2.26. The number of aliphatic hydroxyl groups is 1. The molecule has 1 heterocycles. The molecule has 4 N–H and O–H groups in total. The van der Waals surface area contributed by atoms with Crippen LogP contribution in [0.1, 0.15) is 36.2 Å². The number of aromatic amines is 1. The van der Waals surface area contributed by atoms with Crippen LogP contribution in [0.15, 0.2) is 72.8 Å². The van der Waals surface area contributed by atoms with Gasteiger partial charge in [-0.3, -0.25) is 0 Å². The maximum absolute atomic E-state index is 14.2. The molecule has 0 saturated heterocycles. The molecule has 6 heteroatoms. The number of ether oxygens (including phenoxy) is 2. The first-order valence-corrected chi connectivity index (χ1v) is 11.8. The molecule has 184 valence electrons. The van der Waals surface area contributed by atoms with Crippen LogP contribution in [0.2, 0.25) is 0 Å². The second-order valence-corrected chi connectivity index (χ2v) is 9.62. The highest BCUT2D eigenvalue weighted by Gasteiger charge is 2.29. The highest BCUT2D eigenvalue weighted by molar-refractivity contribution is 5.88. The van der Waals surface area contributed by atoms with Crippen LogP contribution in [0.4, 0.5) is 10.1 Å². The second-order valence-electron chi connectivity index (χ2n) is 9.62. The number of rotatable bonds is 11. The first-order chi connectivity index (χ1) is 16.8. The summed E-state index contributed by atoms with van der Waals surface area (Å²) in [5, 5.41) is 11.6. The summed E-state index contributed by atoms with van der Waals surface area (Å²) in [6.07, 6.45) is -0.388. The Labute approximate surface area is 205 Å². The van der Waals surface area contributed by atoms with Gasteiger partial charge in [0.25, 0.3) is 0 Å². The van der Waals surface area contributed by atoms with Gasteiger partial charge in [0.15, 0.2) is 0 Å². The number of fused-ring (bicyclic) bond motifs is 1. The minimum Gasteiger partial charge on any atom is -0.396 e. The van der Waals surface area contributed by atoms with Gasteiger partial charge in [-0.15, -0.1) is 0 Å². The van der Waals surface area contributed by atoms with Gasteiger partial charge in [-0.25, -0.2) is 4.39 Å². The van der Waals surface area contributed by atoms with Crippen LogP contribution in [-0.4, -0.2) is 29.4 Å². The number of hydrogen-bond acceptors (Lipinski definition) is 4. The maximum Gasteiger partial charge on any atom is 0.148 e. The molecule has 35 heavy (non-hydrogen) atoms. The van der Waals surface area contributed by atoms with Gasteiger partial charge in [-0.2, -0.15) is 0 Å². The molecule has 0 saturated carbocycles. The number of benzene rings is 3. The normalized spacial score (nSPS) is 12.8. The molecule has 0 bridgehead atoms. The zero-order valence-electron chi connectivity index (χ0n) is 20.3. The number of aromatic nitrogens is 1. The van der Waals surface area contributed by atoms with Crippen molar-refractivity contribution in [1.82, 2.24) is 4.98 Å². The number of hydrogen-bond donors (Lipinski definition) is 3. The van der Waals surface area contributed by atoms with E-state index < -0.39 is 17.3 Å². The maximum atomic E-state index is 14.2. The van der Waals surface area contributed by atoms with Crippen molar-refractivity contribution in [3.8, 4) is 0 Å². The highest BCUT2D eigenvalue weighted by Crippen LogP contribution is 2.35. The summed E-state index contributed by atoms with van der Waals surface area (Å²) in [5.41, 5.74) is 10.1. The van der Waals surface area contributed by atoms with E-state index in [9.17, 15) is 9.50 Å². The molecule has 0 aliphatic heterocycles. The van der Waals surface area contributed by atoms with Gasteiger partial charge in [0.1, 0.15) is 5.82 Å². The quantitative estimate of drug-likeness (QED) is 0.250. The largest absolute Gasteiger partial charge is 0.396 e.